The Kier molecular flexibility index (Phi) is 6.18. The van der Waals surface area contributed by atoms with Crippen molar-refractivity contribution in [3.63, 3.8) is 0 Å². The van der Waals surface area contributed by atoms with Gasteiger partial charge in [0.1, 0.15) is 0 Å². The normalized spacial score (nSPS) is 18.6. The Hall–Kier alpha value is 0.390. The van der Waals surface area contributed by atoms with Crippen LogP contribution in [0.15, 0.2) is 0 Å². The molecular weight excluding hydrogens is 157 g/mol. The van der Waals surface area contributed by atoms with Gasteiger partial charge in [0.2, 0.25) is 0 Å². The minimum atomic E-state index is -0.262. The van der Waals surface area contributed by atoms with E-state index in [9.17, 15) is 4.79 Å². The third kappa shape index (κ3) is 4.76. The van der Waals surface area contributed by atoms with Crippen LogP contribution in [0, 0.1) is 0 Å². The second-order valence-corrected chi connectivity index (χ2v) is 2.12. The summed E-state index contributed by atoms with van der Waals surface area (Å²) in [4.78, 5) is 15.2. The smallest absolute Gasteiger partial charge is 1.00 e. The van der Waals surface area contributed by atoms with Gasteiger partial charge >= 0.3 is 35.5 Å². The van der Waals surface area contributed by atoms with Crippen molar-refractivity contribution < 1.29 is 45.4 Å². The summed E-state index contributed by atoms with van der Waals surface area (Å²) in [5, 5.41) is 1.62. The standard InChI is InChI=1S/C6H11NO3.Na.H/c1-6(8)10-7-2-4-9-5-3-7;;/h2-5H2,1H3;;/q;+1;-1. The molecule has 1 heterocycles. The van der Waals surface area contributed by atoms with Gasteiger partial charge in [-0.15, -0.1) is 5.06 Å². The number of rotatable bonds is 1. The first-order chi connectivity index (χ1) is 4.79. The van der Waals surface area contributed by atoms with E-state index in [2.05, 4.69) is 0 Å². The van der Waals surface area contributed by atoms with E-state index in [0.29, 0.717) is 26.3 Å². The first-order valence-corrected chi connectivity index (χ1v) is 3.30. The summed E-state index contributed by atoms with van der Waals surface area (Å²) < 4.78 is 5.05. The predicted molar refractivity (Wildman–Crippen MR) is 35.3 cm³/mol. The Balaban J connectivity index is 0. The number of carbonyl (C=O) groups excluding carboxylic acids is 1. The number of nitrogens with zero attached hydrogens (tertiary/aromatic N) is 1. The Morgan fingerprint density at radius 3 is 2.55 bits per heavy atom. The van der Waals surface area contributed by atoms with E-state index in [-0.39, 0.29) is 37.0 Å². The fraction of sp³-hybridized carbons (Fsp3) is 0.833. The first-order valence-electron chi connectivity index (χ1n) is 3.30. The van der Waals surface area contributed by atoms with Gasteiger partial charge in [0, 0.05) is 6.92 Å². The van der Waals surface area contributed by atoms with Gasteiger partial charge < -0.3 is 11.0 Å². The van der Waals surface area contributed by atoms with E-state index in [4.69, 9.17) is 9.57 Å². The SMILES string of the molecule is CC(=O)ON1CCOCC1.[H-].[Na+]. The van der Waals surface area contributed by atoms with Gasteiger partial charge in [-0.1, -0.05) is 0 Å². The third-order valence-electron chi connectivity index (χ3n) is 1.23. The van der Waals surface area contributed by atoms with Crippen molar-refractivity contribution in [2.75, 3.05) is 26.3 Å². The summed E-state index contributed by atoms with van der Waals surface area (Å²) in [5.74, 6) is -0.262. The summed E-state index contributed by atoms with van der Waals surface area (Å²) in [6, 6.07) is 0. The van der Waals surface area contributed by atoms with Crippen molar-refractivity contribution in [3.05, 3.63) is 0 Å². The van der Waals surface area contributed by atoms with Crippen LogP contribution in [0.2, 0.25) is 0 Å². The Bertz CT molecular complexity index is 130. The van der Waals surface area contributed by atoms with Gasteiger partial charge in [-0.2, -0.15) is 0 Å². The molecule has 0 saturated carbocycles. The fourth-order valence-corrected chi connectivity index (χ4v) is 0.820. The molecule has 0 radical (unpaired) electrons. The van der Waals surface area contributed by atoms with E-state index in [0.717, 1.165) is 0 Å². The zero-order chi connectivity index (χ0) is 7.40. The maximum atomic E-state index is 10.4. The van der Waals surface area contributed by atoms with E-state index in [1.54, 1.807) is 5.06 Å². The Morgan fingerprint density at radius 2 is 2.09 bits per heavy atom. The molecule has 0 aromatic heterocycles. The van der Waals surface area contributed by atoms with E-state index in [1.807, 2.05) is 0 Å². The molecule has 5 heteroatoms. The number of hydroxylamine groups is 2. The third-order valence-corrected chi connectivity index (χ3v) is 1.23. The fourth-order valence-electron chi connectivity index (χ4n) is 0.820. The predicted octanol–water partition coefficient (Wildman–Crippen LogP) is -3.09. The summed E-state index contributed by atoms with van der Waals surface area (Å²) in [7, 11) is 0. The van der Waals surface area contributed by atoms with Crippen LogP contribution < -0.4 is 29.6 Å². The molecule has 1 rings (SSSR count). The number of ether oxygens (including phenoxy) is 1. The van der Waals surface area contributed by atoms with Gasteiger partial charge in [0.05, 0.1) is 26.3 Å². The molecule has 60 valence electrons. The summed E-state index contributed by atoms with van der Waals surface area (Å²) in [6.45, 7) is 4.05. The van der Waals surface area contributed by atoms with Crippen LogP contribution in [-0.2, 0) is 14.4 Å². The number of morpholine rings is 1. The van der Waals surface area contributed by atoms with Crippen LogP contribution in [0.3, 0.4) is 0 Å². The van der Waals surface area contributed by atoms with Crippen LogP contribution in [0.4, 0.5) is 0 Å². The Labute approximate surface area is 89.6 Å². The van der Waals surface area contributed by atoms with Gasteiger partial charge in [-0.3, -0.25) is 4.79 Å². The minimum absolute atomic E-state index is 0. The van der Waals surface area contributed by atoms with Crippen LogP contribution >= 0.6 is 0 Å². The molecule has 0 aromatic carbocycles. The van der Waals surface area contributed by atoms with Gasteiger partial charge in [0.25, 0.3) is 0 Å². The van der Waals surface area contributed by atoms with Crippen LogP contribution in [0.5, 0.6) is 0 Å². The average molecular weight is 169 g/mol. The van der Waals surface area contributed by atoms with E-state index in [1.165, 1.54) is 6.92 Å². The molecule has 1 fully saturated rings. The molecule has 0 aromatic rings. The van der Waals surface area contributed by atoms with Gasteiger partial charge in [0.15, 0.2) is 0 Å². The van der Waals surface area contributed by atoms with Gasteiger partial charge in [-0.05, 0) is 0 Å². The molecule has 0 spiro atoms. The van der Waals surface area contributed by atoms with Crippen LogP contribution in [0.25, 0.3) is 0 Å². The maximum Gasteiger partial charge on any atom is 1.00 e. The minimum Gasteiger partial charge on any atom is -1.00 e. The molecule has 0 aliphatic carbocycles. The van der Waals surface area contributed by atoms with Crippen molar-refractivity contribution in [2.24, 2.45) is 0 Å². The van der Waals surface area contributed by atoms with Crippen molar-refractivity contribution in [1.82, 2.24) is 5.06 Å². The summed E-state index contributed by atoms with van der Waals surface area (Å²) >= 11 is 0. The second kappa shape index (κ2) is 5.97. The molecule has 4 nitrogen and oxygen atoms in total. The van der Waals surface area contributed by atoms with E-state index >= 15 is 0 Å². The van der Waals surface area contributed by atoms with Crippen molar-refractivity contribution >= 4 is 5.97 Å². The van der Waals surface area contributed by atoms with E-state index < -0.39 is 0 Å². The maximum absolute atomic E-state index is 10.4. The van der Waals surface area contributed by atoms with Gasteiger partial charge in [-0.25, -0.2) is 0 Å². The number of carbonyl (C=O) groups is 1. The molecule has 0 bridgehead atoms. The number of hydrogen-bond donors (Lipinski definition) is 0. The van der Waals surface area contributed by atoms with Crippen molar-refractivity contribution in [2.45, 2.75) is 6.92 Å². The molecule has 0 atom stereocenters. The second-order valence-electron chi connectivity index (χ2n) is 2.12. The molecule has 1 saturated heterocycles. The topological polar surface area (TPSA) is 38.8 Å². The number of hydrogen-bond acceptors (Lipinski definition) is 4. The first kappa shape index (κ1) is 11.4. The summed E-state index contributed by atoms with van der Waals surface area (Å²) in [6.07, 6.45) is 0. The Morgan fingerprint density at radius 1 is 1.55 bits per heavy atom. The van der Waals surface area contributed by atoms with Crippen molar-refractivity contribution in [1.29, 1.82) is 0 Å². The molecule has 0 N–H and O–H groups in total. The quantitative estimate of drug-likeness (QED) is 0.390. The monoisotopic (exact) mass is 169 g/mol. The molecule has 1 aliphatic heterocycles. The average Bonchev–Trinajstić information content (AvgIpc) is 1.88. The molecule has 0 amide bonds. The van der Waals surface area contributed by atoms with Crippen LogP contribution in [-0.4, -0.2) is 37.3 Å². The zero-order valence-electron chi connectivity index (χ0n) is 8.00. The van der Waals surface area contributed by atoms with Crippen LogP contribution in [0.1, 0.15) is 8.35 Å². The van der Waals surface area contributed by atoms with Crippen molar-refractivity contribution in [3.8, 4) is 0 Å². The zero-order valence-corrected chi connectivity index (χ0v) is 9.00. The summed E-state index contributed by atoms with van der Waals surface area (Å²) in [5.41, 5.74) is 0. The molecular formula is C6H12NNaO3. The largest absolute Gasteiger partial charge is 1.00 e. The molecule has 0 unspecified atom stereocenters. The molecule has 11 heavy (non-hydrogen) atoms. The molecule has 1 aliphatic rings.